The van der Waals surface area contributed by atoms with Gasteiger partial charge in [-0.2, -0.15) is 0 Å². The lowest BCUT2D eigenvalue weighted by atomic mass is 10.2. The predicted octanol–water partition coefficient (Wildman–Crippen LogP) is 3.59. The van der Waals surface area contributed by atoms with Gasteiger partial charge in [0.05, 0.1) is 11.0 Å². The van der Waals surface area contributed by atoms with Crippen LogP contribution >= 0.6 is 0 Å². The van der Waals surface area contributed by atoms with Gasteiger partial charge in [-0.05, 0) is 42.8 Å². The van der Waals surface area contributed by atoms with Crippen LogP contribution in [0.25, 0.3) is 22.4 Å². The number of hydrogen-bond donors (Lipinski definition) is 1. The molecule has 3 aromatic heterocycles. The van der Waals surface area contributed by atoms with Crippen molar-refractivity contribution in [3.05, 3.63) is 101 Å². The highest BCUT2D eigenvalue weighted by Crippen LogP contribution is 2.24. The molecule has 3 heterocycles. The van der Waals surface area contributed by atoms with Crippen molar-refractivity contribution in [1.29, 1.82) is 0 Å². The molecule has 0 radical (unpaired) electrons. The zero-order valence-corrected chi connectivity index (χ0v) is 16.1. The van der Waals surface area contributed by atoms with Gasteiger partial charge in [-0.3, -0.25) is 23.9 Å². The van der Waals surface area contributed by atoms with E-state index < -0.39 is 11.5 Å². The monoisotopic (exact) mass is 395 g/mol. The van der Waals surface area contributed by atoms with E-state index in [4.69, 9.17) is 0 Å². The van der Waals surface area contributed by atoms with Gasteiger partial charge >= 0.3 is 0 Å². The van der Waals surface area contributed by atoms with Gasteiger partial charge in [0.25, 0.3) is 11.5 Å². The van der Waals surface area contributed by atoms with Crippen molar-refractivity contribution >= 4 is 28.5 Å². The lowest BCUT2D eigenvalue weighted by Crippen LogP contribution is -2.27. The van der Waals surface area contributed by atoms with Crippen LogP contribution in [0, 0.1) is 6.92 Å². The molecule has 5 rings (SSSR count). The number of pyridine rings is 1. The second-order valence-electron chi connectivity index (χ2n) is 6.96. The van der Waals surface area contributed by atoms with Crippen molar-refractivity contribution in [2.75, 3.05) is 5.32 Å². The molecule has 30 heavy (non-hydrogen) atoms. The minimum atomic E-state index is -0.559. The summed E-state index contributed by atoms with van der Waals surface area (Å²) in [5.41, 5.74) is 3.34. The van der Waals surface area contributed by atoms with Gasteiger partial charge in [-0.15, -0.1) is 0 Å². The summed E-state index contributed by atoms with van der Waals surface area (Å²) in [6.07, 6.45) is 2.97. The molecule has 0 bridgehead atoms. The fraction of sp³-hybridized carbons (Fsp3) is 0.0435. The van der Waals surface area contributed by atoms with Crippen molar-refractivity contribution in [1.82, 2.24) is 18.9 Å². The van der Waals surface area contributed by atoms with Crippen molar-refractivity contribution in [3.63, 3.8) is 0 Å². The number of hydrogen-bond acceptors (Lipinski definition) is 4. The Morgan fingerprint density at radius 1 is 0.967 bits per heavy atom. The molecule has 7 heteroatoms. The molecule has 2 aromatic carbocycles. The van der Waals surface area contributed by atoms with Crippen LogP contribution in [0.5, 0.6) is 0 Å². The number of carbonyl (C=O) groups is 1. The minimum Gasteiger partial charge on any atom is -0.291 e. The number of nitrogens with one attached hydrogen (secondary N) is 1. The van der Waals surface area contributed by atoms with E-state index in [0.717, 1.165) is 22.3 Å². The summed E-state index contributed by atoms with van der Waals surface area (Å²) in [5.74, 6) is -0.225. The number of nitrogens with zero attached hydrogens (tertiary/aromatic N) is 4. The molecular weight excluding hydrogens is 378 g/mol. The second kappa shape index (κ2) is 6.97. The van der Waals surface area contributed by atoms with Gasteiger partial charge in [-0.1, -0.05) is 36.4 Å². The number of amides is 1. The van der Waals surface area contributed by atoms with Gasteiger partial charge in [0.1, 0.15) is 11.2 Å². The smallest absolute Gasteiger partial charge is 0.270 e. The van der Waals surface area contributed by atoms with E-state index in [1.807, 2.05) is 72.2 Å². The molecule has 0 aliphatic heterocycles. The maximum absolute atomic E-state index is 13.0. The van der Waals surface area contributed by atoms with Crippen LogP contribution in [0.3, 0.4) is 0 Å². The maximum atomic E-state index is 13.0. The normalized spacial score (nSPS) is 11.1. The van der Waals surface area contributed by atoms with E-state index in [-0.39, 0.29) is 5.56 Å². The van der Waals surface area contributed by atoms with Crippen LogP contribution in [0.4, 0.5) is 5.95 Å². The molecule has 0 fully saturated rings. The molecule has 0 saturated carbocycles. The number of aryl methyl sites for hydroxylation is 1. The van der Waals surface area contributed by atoms with Crippen molar-refractivity contribution in [2.45, 2.75) is 6.92 Å². The third-order valence-corrected chi connectivity index (χ3v) is 4.90. The molecule has 0 aliphatic carbocycles. The average molecular weight is 395 g/mol. The van der Waals surface area contributed by atoms with Crippen LogP contribution in [0.15, 0.2) is 83.9 Å². The number of fused-ring (bicyclic) bond motifs is 2. The Morgan fingerprint density at radius 3 is 2.57 bits per heavy atom. The topological polar surface area (TPSA) is 81.3 Å². The number of rotatable bonds is 3. The molecule has 0 atom stereocenters. The van der Waals surface area contributed by atoms with Crippen molar-refractivity contribution < 1.29 is 4.79 Å². The summed E-state index contributed by atoms with van der Waals surface area (Å²) >= 11 is 0. The largest absolute Gasteiger partial charge is 0.291 e. The first-order chi connectivity index (χ1) is 14.6. The number of anilines is 1. The molecule has 146 valence electrons. The Hall–Kier alpha value is -4.26. The molecular formula is C23H17N5O2. The van der Waals surface area contributed by atoms with Crippen molar-refractivity contribution in [3.8, 4) is 5.69 Å². The van der Waals surface area contributed by atoms with E-state index in [1.54, 1.807) is 12.3 Å². The van der Waals surface area contributed by atoms with Gasteiger partial charge in [0, 0.05) is 18.1 Å². The second-order valence-corrected chi connectivity index (χ2v) is 6.96. The van der Waals surface area contributed by atoms with E-state index in [0.29, 0.717) is 11.6 Å². The first-order valence-electron chi connectivity index (χ1n) is 9.44. The highest BCUT2D eigenvalue weighted by Gasteiger charge is 2.18. The van der Waals surface area contributed by atoms with Gasteiger partial charge in [0.2, 0.25) is 5.95 Å². The number of carbonyl (C=O) groups excluding carboxylic acids is 1. The summed E-state index contributed by atoms with van der Waals surface area (Å²) in [6.45, 7) is 1.88. The molecule has 1 amide bonds. The van der Waals surface area contributed by atoms with Crippen LogP contribution < -0.4 is 10.9 Å². The fourth-order valence-corrected chi connectivity index (χ4v) is 3.46. The molecule has 0 spiro atoms. The summed E-state index contributed by atoms with van der Waals surface area (Å²) in [5, 5.41) is 2.79. The number of aromatic nitrogens is 4. The number of para-hydroxylation sites is 3. The first kappa shape index (κ1) is 17.8. The summed E-state index contributed by atoms with van der Waals surface area (Å²) in [6, 6.07) is 20.8. The quantitative estimate of drug-likeness (QED) is 0.506. The minimum absolute atomic E-state index is 0.0511. The zero-order valence-electron chi connectivity index (χ0n) is 16.1. The molecule has 5 aromatic rings. The van der Waals surface area contributed by atoms with Crippen LogP contribution in [0.1, 0.15) is 15.9 Å². The lowest BCUT2D eigenvalue weighted by Gasteiger charge is -2.10. The predicted molar refractivity (Wildman–Crippen MR) is 115 cm³/mol. The Labute approximate surface area is 171 Å². The van der Waals surface area contributed by atoms with Crippen LogP contribution in [-0.4, -0.2) is 24.8 Å². The number of imidazole rings is 1. The van der Waals surface area contributed by atoms with Gasteiger partial charge < -0.3 is 0 Å². The molecule has 7 nitrogen and oxygen atoms in total. The summed E-state index contributed by atoms with van der Waals surface area (Å²) in [4.78, 5) is 34.7. The summed E-state index contributed by atoms with van der Waals surface area (Å²) in [7, 11) is 0. The first-order valence-corrected chi connectivity index (χ1v) is 9.44. The van der Waals surface area contributed by atoms with Crippen molar-refractivity contribution in [2.24, 2.45) is 0 Å². The Balaban J connectivity index is 1.62. The third-order valence-electron chi connectivity index (χ3n) is 4.90. The third kappa shape index (κ3) is 2.93. The summed E-state index contributed by atoms with van der Waals surface area (Å²) < 4.78 is 3.23. The fourth-order valence-electron chi connectivity index (χ4n) is 3.46. The average Bonchev–Trinajstić information content (AvgIpc) is 3.12. The highest BCUT2D eigenvalue weighted by molar-refractivity contribution is 6.04. The van der Waals surface area contributed by atoms with E-state index >= 15 is 0 Å². The van der Waals surface area contributed by atoms with E-state index in [1.165, 1.54) is 10.6 Å². The van der Waals surface area contributed by atoms with Gasteiger partial charge in [0.15, 0.2) is 0 Å². The lowest BCUT2D eigenvalue weighted by molar-refractivity contribution is 0.102. The van der Waals surface area contributed by atoms with Crippen LogP contribution in [0.2, 0.25) is 0 Å². The van der Waals surface area contributed by atoms with E-state index in [2.05, 4.69) is 15.3 Å². The SMILES string of the molecule is Cc1ccc2ncc(C(=O)Nc3nc4ccccc4n3-c3ccccc3)c(=O)n2c1. The van der Waals surface area contributed by atoms with E-state index in [9.17, 15) is 9.59 Å². The number of benzene rings is 2. The van der Waals surface area contributed by atoms with Gasteiger partial charge in [-0.25, -0.2) is 9.97 Å². The zero-order chi connectivity index (χ0) is 20.7. The Bertz CT molecular complexity index is 1470. The standard InChI is InChI=1S/C23H17N5O2/c1-15-11-12-20-24-13-17(22(30)27(20)14-15)21(29)26-23-25-18-9-5-6-10-19(18)28(23)16-7-3-2-4-8-16/h2-14H,1H3,(H,25,26,29). The molecule has 0 aliphatic rings. The molecule has 0 unspecified atom stereocenters. The Morgan fingerprint density at radius 2 is 1.73 bits per heavy atom. The Kier molecular flexibility index (Phi) is 4.14. The van der Waals surface area contributed by atoms with Crippen LogP contribution in [-0.2, 0) is 0 Å². The molecule has 0 saturated heterocycles. The molecule has 1 N–H and O–H groups in total. The highest BCUT2D eigenvalue weighted by atomic mass is 16.2. The maximum Gasteiger partial charge on any atom is 0.270 e.